The van der Waals surface area contributed by atoms with Gasteiger partial charge in [0.05, 0.1) is 15.9 Å². The van der Waals surface area contributed by atoms with Gasteiger partial charge in [0.15, 0.2) is 0 Å². The lowest BCUT2D eigenvalue weighted by molar-refractivity contribution is 1.14. The van der Waals surface area contributed by atoms with Gasteiger partial charge in [-0.15, -0.1) is 11.3 Å². The highest BCUT2D eigenvalue weighted by Crippen LogP contribution is 2.31. The van der Waals surface area contributed by atoms with E-state index in [1.807, 2.05) is 36.5 Å². The van der Waals surface area contributed by atoms with E-state index in [1.165, 1.54) is 4.70 Å². The molecule has 2 heterocycles. The predicted octanol–water partition coefficient (Wildman–Crippen LogP) is 3.02. The number of aromatic nitrogens is 1. The number of nitrogens with zero attached hydrogens (tertiary/aromatic N) is 2. The Hall–Kier alpha value is -0.800. The number of halogens is 1. The van der Waals surface area contributed by atoms with Crippen LogP contribution >= 0.6 is 22.9 Å². The second kappa shape index (κ2) is 3.16. The van der Waals surface area contributed by atoms with Crippen molar-refractivity contribution in [2.45, 2.75) is 0 Å². The SMILES string of the molecule is CN(C)c1cc(Cl)nc2ccsc12. The fraction of sp³-hybridized carbons (Fsp3) is 0.222. The predicted molar refractivity (Wildman–Crippen MR) is 59.0 cm³/mol. The molecule has 0 atom stereocenters. The van der Waals surface area contributed by atoms with E-state index in [9.17, 15) is 0 Å². The summed E-state index contributed by atoms with van der Waals surface area (Å²) < 4.78 is 1.19. The van der Waals surface area contributed by atoms with Crippen molar-refractivity contribution in [3.63, 3.8) is 0 Å². The van der Waals surface area contributed by atoms with Crippen molar-refractivity contribution in [1.82, 2.24) is 4.98 Å². The average molecular weight is 213 g/mol. The van der Waals surface area contributed by atoms with Crippen LogP contribution < -0.4 is 4.90 Å². The fourth-order valence-corrected chi connectivity index (χ4v) is 2.36. The molecular weight excluding hydrogens is 204 g/mol. The van der Waals surface area contributed by atoms with E-state index in [0.29, 0.717) is 5.15 Å². The summed E-state index contributed by atoms with van der Waals surface area (Å²) in [5.74, 6) is 0. The number of pyridine rings is 1. The first kappa shape index (κ1) is 8.78. The lowest BCUT2D eigenvalue weighted by Crippen LogP contribution is -2.08. The van der Waals surface area contributed by atoms with Crippen LogP contribution in [-0.2, 0) is 0 Å². The highest BCUT2D eigenvalue weighted by molar-refractivity contribution is 7.17. The Kier molecular flexibility index (Phi) is 2.14. The molecule has 2 aromatic heterocycles. The molecule has 0 aromatic carbocycles. The van der Waals surface area contributed by atoms with Gasteiger partial charge >= 0.3 is 0 Å². The number of anilines is 1. The third-order valence-electron chi connectivity index (χ3n) is 1.84. The average Bonchev–Trinajstić information content (AvgIpc) is 2.49. The summed E-state index contributed by atoms with van der Waals surface area (Å²) in [6.45, 7) is 0. The number of hydrogen-bond acceptors (Lipinski definition) is 3. The zero-order valence-electron chi connectivity index (χ0n) is 7.41. The van der Waals surface area contributed by atoms with E-state index < -0.39 is 0 Å². The molecule has 2 aromatic rings. The summed E-state index contributed by atoms with van der Waals surface area (Å²) in [5, 5.41) is 2.58. The van der Waals surface area contributed by atoms with Crippen LogP contribution in [0.2, 0.25) is 5.15 Å². The van der Waals surface area contributed by atoms with Crippen molar-refractivity contribution in [3.8, 4) is 0 Å². The molecule has 2 rings (SSSR count). The highest BCUT2D eigenvalue weighted by atomic mass is 35.5. The zero-order valence-corrected chi connectivity index (χ0v) is 8.99. The Morgan fingerprint density at radius 3 is 2.92 bits per heavy atom. The van der Waals surface area contributed by atoms with Gasteiger partial charge in [0, 0.05) is 20.2 Å². The molecule has 13 heavy (non-hydrogen) atoms. The summed E-state index contributed by atoms with van der Waals surface area (Å²) in [7, 11) is 4.01. The summed E-state index contributed by atoms with van der Waals surface area (Å²) in [6.07, 6.45) is 0. The Morgan fingerprint density at radius 1 is 1.46 bits per heavy atom. The molecule has 0 unspecified atom stereocenters. The maximum Gasteiger partial charge on any atom is 0.131 e. The van der Waals surface area contributed by atoms with Crippen LogP contribution in [0.4, 0.5) is 5.69 Å². The molecule has 68 valence electrons. The zero-order chi connectivity index (χ0) is 9.42. The molecule has 0 aliphatic heterocycles. The van der Waals surface area contributed by atoms with Gasteiger partial charge in [-0.2, -0.15) is 0 Å². The maximum atomic E-state index is 5.89. The summed E-state index contributed by atoms with van der Waals surface area (Å²) in [4.78, 5) is 6.28. The van der Waals surface area contributed by atoms with Gasteiger partial charge in [-0.25, -0.2) is 4.98 Å². The molecule has 4 heteroatoms. The van der Waals surface area contributed by atoms with Crippen LogP contribution in [0.5, 0.6) is 0 Å². The Bertz CT molecular complexity index is 436. The van der Waals surface area contributed by atoms with Crippen molar-refractivity contribution in [2.24, 2.45) is 0 Å². The third kappa shape index (κ3) is 1.49. The van der Waals surface area contributed by atoms with Crippen LogP contribution in [0.1, 0.15) is 0 Å². The molecule has 0 amide bonds. The second-order valence-corrected chi connectivity index (χ2v) is 4.30. The van der Waals surface area contributed by atoms with Gasteiger partial charge in [0.25, 0.3) is 0 Å². The summed E-state index contributed by atoms with van der Waals surface area (Å²) >= 11 is 7.58. The first-order valence-corrected chi connectivity index (χ1v) is 5.15. The number of fused-ring (bicyclic) bond motifs is 1. The van der Waals surface area contributed by atoms with Crippen molar-refractivity contribution in [1.29, 1.82) is 0 Å². The first-order valence-electron chi connectivity index (χ1n) is 3.89. The van der Waals surface area contributed by atoms with E-state index in [-0.39, 0.29) is 0 Å². The van der Waals surface area contributed by atoms with Crippen molar-refractivity contribution < 1.29 is 0 Å². The van der Waals surface area contributed by atoms with Crippen LogP contribution in [-0.4, -0.2) is 19.1 Å². The molecule has 0 spiro atoms. The van der Waals surface area contributed by atoms with Crippen LogP contribution in [0.25, 0.3) is 10.2 Å². The molecule has 0 N–H and O–H groups in total. The normalized spacial score (nSPS) is 10.7. The van der Waals surface area contributed by atoms with Gasteiger partial charge < -0.3 is 4.90 Å². The van der Waals surface area contributed by atoms with E-state index >= 15 is 0 Å². The molecule has 0 fully saturated rings. The molecule has 0 radical (unpaired) electrons. The molecule has 0 bridgehead atoms. The van der Waals surface area contributed by atoms with Gasteiger partial charge in [-0.3, -0.25) is 0 Å². The van der Waals surface area contributed by atoms with E-state index in [2.05, 4.69) is 4.98 Å². The minimum absolute atomic E-state index is 0.551. The molecule has 0 aliphatic rings. The van der Waals surface area contributed by atoms with Crippen molar-refractivity contribution in [2.75, 3.05) is 19.0 Å². The smallest absolute Gasteiger partial charge is 0.131 e. The first-order chi connectivity index (χ1) is 6.18. The summed E-state index contributed by atoms with van der Waals surface area (Å²) in [5.41, 5.74) is 2.10. The van der Waals surface area contributed by atoms with E-state index in [0.717, 1.165) is 11.2 Å². The fourth-order valence-electron chi connectivity index (χ4n) is 1.24. The quantitative estimate of drug-likeness (QED) is 0.676. The summed E-state index contributed by atoms with van der Waals surface area (Å²) in [6, 6.07) is 3.87. The minimum Gasteiger partial charge on any atom is -0.376 e. The second-order valence-electron chi connectivity index (χ2n) is 2.99. The van der Waals surface area contributed by atoms with E-state index in [1.54, 1.807) is 11.3 Å². The lowest BCUT2D eigenvalue weighted by Gasteiger charge is -2.13. The highest BCUT2D eigenvalue weighted by Gasteiger charge is 2.06. The van der Waals surface area contributed by atoms with Crippen LogP contribution in [0, 0.1) is 0 Å². The number of hydrogen-bond donors (Lipinski definition) is 0. The van der Waals surface area contributed by atoms with Gasteiger partial charge in [-0.05, 0) is 11.4 Å². The Morgan fingerprint density at radius 2 is 2.23 bits per heavy atom. The number of rotatable bonds is 1. The minimum atomic E-state index is 0.551. The molecule has 0 aliphatic carbocycles. The Labute approximate surface area is 85.8 Å². The van der Waals surface area contributed by atoms with Crippen molar-refractivity contribution in [3.05, 3.63) is 22.7 Å². The molecule has 0 saturated carbocycles. The topological polar surface area (TPSA) is 16.1 Å². The van der Waals surface area contributed by atoms with E-state index in [4.69, 9.17) is 11.6 Å². The van der Waals surface area contributed by atoms with Gasteiger partial charge in [0.2, 0.25) is 0 Å². The van der Waals surface area contributed by atoms with Crippen molar-refractivity contribution >= 4 is 38.8 Å². The molecule has 0 saturated heterocycles. The lowest BCUT2D eigenvalue weighted by atomic mass is 10.3. The largest absolute Gasteiger partial charge is 0.376 e. The molecule has 2 nitrogen and oxygen atoms in total. The third-order valence-corrected chi connectivity index (χ3v) is 2.96. The number of thiophene rings is 1. The Balaban J connectivity index is 2.77. The van der Waals surface area contributed by atoms with Gasteiger partial charge in [-0.1, -0.05) is 11.6 Å². The molecular formula is C9H9ClN2S. The monoisotopic (exact) mass is 212 g/mol. The van der Waals surface area contributed by atoms with Gasteiger partial charge in [0.1, 0.15) is 5.15 Å². The van der Waals surface area contributed by atoms with Crippen LogP contribution in [0.15, 0.2) is 17.5 Å². The van der Waals surface area contributed by atoms with Crippen LogP contribution in [0.3, 0.4) is 0 Å². The standard InChI is InChI=1S/C9H9ClN2S/c1-12(2)7-5-8(10)11-6-3-4-13-9(6)7/h3-5H,1-2H3. The maximum absolute atomic E-state index is 5.89.